The summed E-state index contributed by atoms with van der Waals surface area (Å²) in [5.74, 6) is -0.942. The number of hydrogen-bond donors (Lipinski definition) is 1. The van der Waals surface area contributed by atoms with Crippen molar-refractivity contribution in [3.63, 3.8) is 0 Å². The quantitative estimate of drug-likeness (QED) is 0.511. The molecule has 0 aromatic carbocycles. The second-order valence-electron chi connectivity index (χ2n) is 1.99. The number of aromatic nitrogens is 1. The third kappa shape index (κ3) is 6.42. The molecule has 0 aliphatic rings. The van der Waals surface area contributed by atoms with Gasteiger partial charge in [0.15, 0.2) is 7.05 Å². The Labute approximate surface area is 74.0 Å². The highest BCUT2D eigenvalue weighted by molar-refractivity contribution is 5.86. The molecule has 0 spiro atoms. The van der Waals surface area contributed by atoms with Gasteiger partial charge in [0.1, 0.15) is 0 Å². The highest BCUT2D eigenvalue weighted by atomic mass is 16.6. The second kappa shape index (κ2) is 5.64. The van der Waals surface area contributed by atoms with Crippen molar-refractivity contribution in [2.45, 2.75) is 0 Å². The largest absolute Gasteiger partial charge is 0.478 e. The van der Waals surface area contributed by atoms with E-state index in [0.717, 1.165) is 7.05 Å². The molecule has 0 fully saturated rings. The van der Waals surface area contributed by atoms with Crippen molar-refractivity contribution >= 4 is 5.97 Å². The van der Waals surface area contributed by atoms with Crippen LogP contribution in [0.2, 0.25) is 0 Å². The van der Waals surface area contributed by atoms with Gasteiger partial charge in [0, 0.05) is 17.3 Å². The zero-order chi connectivity index (χ0) is 10.3. The van der Waals surface area contributed by atoms with Crippen LogP contribution in [0, 0.1) is 10.1 Å². The molecule has 0 aliphatic heterocycles. The van der Waals surface area contributed by atoms with Crippen LogP contribution >= 0.6 is 0 Å². The number of nitrogens with zero attached hydrogens (tertiary/aromatic N) is 2. The Kier molecular flexibility index (Phi) is 4.78. The van der Waals surface area contributed by atoms with Crippen LogP contribution in [-0.2, 0) is 0 Å². The Hall–Kier alpha value is -1.98. The first kappa shape index (κ1) is 11.0. The molecule has 1 heterocycles. The molecule has 0 bridgehead atoms. The van der Waals surface area contributed by atoms with Gasteiger partial charge in [0.2, 0.25) is 0 Å². The fourth-order valence-electron chi connectivity index (χ4n) is 0.489. The fraction of sp³-hybridized carbons (Fsp3) is 0.143. The number of carboxylic acid groups (broad SMARTS) is 1. The Balaban J connectivity index is 0.000000310. The number of carbonyl (C=O) groups is 1. The van der Waals surface area contributed by atoms with Gasteiger partial charge in [-0.2, -0.15) is 0 Å². The van der Waals surface area contributed by atoms with E-state index in [-0.39, 0.29) is 5.56 Å². The van der Waals surface area contributed by atoms with Crippen molar-refractivity contribution in [2.24, 2.45) is 0 Å². The molecule has 70 valence electrons. The zero-order valence-corrected chi connectivity index (χ0v) is 6.88. The highest BCUT2D eigenvalue weighted by Crippen LogP contribution is 1.92. The van der Waals surface area contributed by atoms with Gasteiger partial charge >= 0.3 is 5.97 Å². The van der Waals surface area contributed by atoms with Crippen LogP contribution < -0.4 is 0 Å². The van der Waals surface area contributed by atoms with E-state index in [0.29, 0.717) is 0 Å². The van der Waals surface area contributed by atoms with E-state index in [4.69, 9.17) is 15.2 Å². The zero-order valence-electron chi connectivity index (χ0n) is 6.88. The smallest absolute Gasteiger partial charge is 0.337 e. The van der Waals surface area contributed by atoms with Crippen molar-refractivity contribution in [1.29, 1.82) is 0 Å². The van der Waals surface area contributed by atoms with Crippen molar-refractivity contribution in [3.8, 4) is 0 Å². The molecular weight excluding hydrogens is 176 g/mol. The van der Waals surface area contributed by atoms with Crippen LogP contribution in [0.15, 0.2) is 24.5 Å². The first-order valence-electron chi connectivity index (χ1n) is 3.25. The first-order valence-corrected chi connectivity index (χ1v) is 3.25. The topological polar surface area (TPSA) is 93.3 Å². The molecule has 6 heteroatoms. The van der Waals surface area contributed by atoms with E-state index in [2.05, 4.69) is 4.98 Å². The molecule has 13 heavy (non-hydrogen) atoms. The third-order valence-electron chi connectivity index (χ3n) is 0.908. The monoisotopic (exact) mass is 184 g/mol. The first-order chi connectivity index (χ1) is 6.04. The van der Waals surface area contributed by atoms with E-state index >= 15 is 0 Å². The van der Waals surface area contributed by atoms with E-state index in [1.165, 1.54) is 18.5 Å². The molecule has 1 aromatic heterocycles. The van der Waals surface area contributed by atoms with Crippen LogP contribution in [0.4, 0.5) is 0 Å². The van der Waals surface area contributed by atoms with E-state index < -0.39 is 10.9 Å². The number of rotatable bonds is 1. The predicted molar refractivity (Wildman–Crippen MR) is 44.1 cm³/mol. The lowest BCUT2D eigenvalue weighted by atomic mass is 10.3. The Morgan fingerprint density at radius 3 is 2.46 bits per heavy atom. The lowest BCUT2D eigenvalue weighted by Crippen LogP contribution is -1.94. The molecule has 0 radical (unpaired) electrons. The summed E-state index contributed by atoms with van der Waals surface area (Å²) in [6.45, 7) is 0. The van der Waals surface area contributed by atoms with Crippen molar-refractivity contribution < 1.29 is 14.8 Å². The molecule has 0 saturated heterocycles. The van der Waals surface area contributed by atoms with Crippen LogP contribution in [-0.4, -0.2) is 28.0 Å². The number of hydrogen-bond acceptors (Lipinski definition) is 4. The Bertz CT molecular complexity index is 282. The summed E-state index contributed by atoms with van der Waals surface area (Å²) in [6, 6.07) is 3.08. The second-order valence-corrected chi connectivity index (χ2v) is 1.99. The molecular formula is C7H8N2O4. The van der Waals surface area contributed by atoms with Gasteiger partial charge in [0.05, 0.1) is 5.56 Å². The lowest BCUT2D eigenvalue weighted by Gasteiger charge is -1.87. The van der Waals surface area contributed by atoms with Gasteiger partial charge in [-0.25, -0.2) is 4.79 Å². The maximum Gasteiger partial charge on any atom is 0.337 e. The standard InChI is InChI=1S/C6H5NO2.CH3NO2/c8-6(9)5-2-1-3-7-4-5;1-2(3)4/h1-4H,(H,8,9);1H3. The minimum absolute atomic E-state index is 0.220. The summed E-state index contributed by atoms with van der Waals surface area (Å²) in [5, 5.41) is 17.2. The van der Waals surface area contributed by atoms with E-state index in [1.54, 1.807) is 6.07 Å². The molecule has 0 atom stereocenters. The Morgan fingerprint density at radius 1 is 1.69 bits per heavy atom. The fourth-order valence-corrected chi connectivity index (χ4v) is 0.489. The van der Waals surface area contributed by atoms with Crippen molar-refractivity contribution in [2.75, 3.05) is 7.05 Å². The summed E-state index contributed by atoms with van der Waals surface area (Å²) < 4.78 is 0. The molecule has 0 unspecified atom stereocenters. The minimum atomic E-state index is -0.942. The van der Waals surface area contributed by atoms with Gasteiger partial charge in [0.25, 0.3) is 0 Å². The summed E-state index contributed by atoms with van der Waals surface area (Å²) in [7, 11) is 0.889. The van der Waals surface area contributed by atoms with Crippen LogP contribution in [0.25, 0.3) is 0 Å². The van der Waals surface area contributed by atoms with Gasteiger partial charge < -0.3 is 5.11 Å². The van der Waals surface area contributed by atoms with Crippen LogP contribution in [0.3, 0.4) is 0 Å². The lowest BCUT2D eigenvalue weighted by molar-refractivity contribution is -0.445. The van der Waals surface area contributed by atoms with E-state index in [9.17, 15) is 4.79 Å². The summed E-state index contributed by atoms with van der Waals surface area (Å²) in [4.78, 5) is 22.1. The van der Waals surface area contributed by atoms with Gasteiger partial charge in [-0.15, -0.1) is 0 Å². The average molecular weight is 184 g/mol. The normalized spacial score (nSPS) is 8.08. The molecule has 1 N–H and O–H groups in total. The molecule has 0 aliphatic carbocycles. The number of carboxylic acids is 1. The van der Waals surface area contributed by atoms with E-state index in [1.807, 2.05) is 0 Å². The molecule has 0 amide bonds. The highest BCUT2D eigenvalue weighted by Gasteiger charge is 1.97. The molecule has 1 aromatic rings. The predicted octanol–water partition coefficient (Wildman–Crippen LogP) is 0.673. The van der Waals surface area contributed by atoms with Gasteiger partial charge in [-0.3, -0.25) is 15.1 Å². The number of nitro groups is 1. The number of pyridine rings is 1. The van der Waals surface area contributed by atoms with Crippen LogP contribution in [0.5, 0.6) is 0 Å². The summed E-state index contributed by atoms with van der Waals surface area (Å²) >= 11 is 0. The Morgan fingerprint density at radius 2 is 2.23 bits per heavy atom. The average Bonchev–Trinajstić information content (AvgIpc) is 2.05. The SMILES string of the molecule is C[N+](=O)[O-].O=C(O)c1cccnc1. The number of aromatic carboxylic acids is 1. The maximum atomic E-state index is 10.2. The maximum absolute atomic E-state index is 10.2. The third-order valence-corrected chi connectivity index (χ3v) is 0.908. The molecule has 6 nitrogen and oxygen atoms in total. The summed E-state index contributed by atoms with van der Waals surface area (Å²) in [5.41, 5.74) is 0.220. The van der Waals surface area contributed by atoms with Crippen molar-refractivity contribution in [1.82, 2.24) is 4.98 Å². The van der Waals surface area contributed by atoms with Gasteiger partial charge in [-0.05, 0) is 12.1 Å². The minimum Gasteiger partial charge on any atom is -0.478 e. The molecule has 1 rings (SSSR count). The molecule has 0 saturated carbocycles. The van der Waals surface area contributed by atoms with Gasteiger partial charge in [-0.1, -0.05) is 0 Å². The van der Waals surface area contributed by atoms with Crippen molar-refractivity contribution in [3.05, 3.63) is 40.2 Å². The van der Waals surface area contributed by atoms with Crippen LogP contribution in [0.1, 0.15) is 10.4 Å². The summed E-state index contributed by atoms with van der Waals surface area (Å²) in [6.07, 6.45) is 2.84.